The molecule has 0 bridgehead atoms. The molecule has 100 valence electrons. The standard InChI is InChI=1S/C14H15FN2OS/c1-9-7-11(3-4-12(9)15)16-8-14-13(5-6-19-14)17-10(2)18/h3-7,16H,8H2,1-2H3,(H,17,18). The van der Waals surface area contributed by atoms with Crippen LogP contribution in [0.2, 0.25) is 0 Å². The van der Waals surface area contributed by atoms with Crippen LogP contribution in [0.15, 0.2) is 29.6 Å². The van der Waals surface area contributed by atoms with Crippen LogP contribution in [0.1, 0.15) is 17.4 Å². The Hall–Kier alpha value is -1.88. The van der Waals surface area contributed by atoms with Crippen LogP contribution in [-0.4, -0.2) is 5.91 Å². The number of carbonyl (C=O) groups excluding carboxylic acids is 1. The molecule has 0 aliphatic heterocycles. The predicted octanol–water partition coefficient (Wildman–Crippen LogP) is 3.77. The van der Waals surface area contributed by atoms with E-state index in [0.717, 1.165) is 16.3 Å². The number of amides is 1. The van der Waals surface area contributed by atoms with Gasteiger partial charge in [-0.2, -0.15) is 0 Å². The molecular formula is C14H15FN2OS. The van der Waals surface area contributed by atoms with Crippen molar-refractivity contribution >= 4 is 28.6 Å². The van der Waals surface area contributed by atoms with Crippen LogP contribution < -0.4 is 10.6 Å². The van der Waals surface area contributed by atoms with Crippen molar-refractivity contribution in [2.75, 3.05) is 10.6 Å². The Morgan fingerprint density at radius 3 is 2.84 bits per heavy atom. The fourth-order valence-corrected chi connectivity index (χ4v) is 2.49. The lowest BCUT2D eigenvalue weighted by molar-refractivity contribution is -0.114. The molecule has 3 nitrogen and oxygen atoms in total. The normalized spacial score (nSPS) is 10.3. The maximum atomic E-state index is 13.1. The molecule has 1 amide bonds. The van der Waals surface area contributed by atoms with E-state index in [1.807, 2.05) is 11.4 Å². The van der Waals surface area contributed by atoms with Crippen LogP contribution in [0.4, 0.5) is 15.8 Å². The number of anilines is 2. The van der Waals surface area contributed by atoms with Crippen molar-refractivity contribution in [2.45, 2.75) is 20.4 Å². The van der Waals surface area contributed by atoms with E-state index in [0.29, 0.717) is 12.1 Å². The van der Waals surface area contributed by atoms with E-state index in [-0.39, 0.29) is 11.7 Å². The van der Waals surface area contributed by atoms with Crippen LogP contribution >= 0.6 is 11.3 Å². The Morgan fingerprint density at radius 2 is 2.16 bits per heavy atom. The summed E-state index contributed by atoms with van der Waals surface area (Å²) in [5, 5.41) is 7.93. The average molecular weight is 278 g/mol. The quantitative estimate of drug-likeness (QED) is 0.894. The predicted molar refractivity (Wildman–Crippen MR) is 77.1 cm³/mol. The third kappa shape index (κ3) is 3.54. The van der Waals surface area contributed by atoms with Crippen LogP contribution in [0.5, 0.6) is 0 Å². The van der Waals surface area contributed by atoms with Gasteiger partial charge in [0.2, 0.25) is 5.91 Å². The lowest BCUT2D eigenvalue weighted by Crippen LogP contribution is -2.08. The summed E-state index contributed by atoms with van der Waals surface area (Å²) in [4.78, 5) is 12.1. The number of carbonyl (C=O) groups is 1. The molecule has 19 heavy (non-hydrogen) atoms. The van der Waals surface area contributed by atoms with E-state index in [1.54, 1.807) is 30.4 Å². The first-order valence-electron chi connectivity index (χ1n) is 5.90. The number of rotatable bonds is 4. The highest BCUT2D eigenvalue weighted by Gasteiger charge is 2.06. The Bertz CT molecular complexity index is 595. The first-order valence-corrected chi connectivity index (χ1v) is 6.78. The van der Waals surface area contributed by atoms with Crippen molar-refractivity contribution in [1.82, 2.24) is 0 Å². The molecule has 0 aliphatic carbocycles. The summed E-state index contributed by atoms with van der Waals surface area (Å²) in [6, 6.07) is 6.79. The van der Waals surface area contributed by atoms with Crippen LogP contribution in [-0.2, 0) is 11.3 Å². The third-order valence-corrected chi connectivity index (χ3v) is 3.59. The molecule has 0 spiro atoms. The number of benzene rings is 1. The van der Waals surface area contributed by atoms with Crippen molar-refractivity contribution in [3.05, 3.63) is 45.9 Å². The van der Waals surface area contributed by atoms with E-state index in [9.17, 15) is 9.18 Å². The van der Waals surface area contributed by atoms with E-state index in [2.05, 4.69) is 10.6 Å². The Kier molecular flexibility index (Phi) is 4.16. The SMILES string of the molecule is CC(=O)Nc1ccsc1CNc1ccc(F)c(C)c1. The summed E-state index contributed by atoms with van der Waals surface area (Å²) < 4.78 is 13.1. The van der Waals surface area contributed by atoms with Gasteiger partial charge in [-0.05, 0) is 42.1 Å². The number of nitrogens with one attached hydrogen (secondary N) is 2. The largest absolute Gasteiger partial charge is 0.380 e. The first kappa shape index (κ1) is 13.5. The van der Waals surface area contributed by atoms with Gasteiger partial charge in [0.25, 0.3) is 0 Å². The lowest BCUT2D eigenvalue weighted by Gasteiger charge is -2.08. The van der Waals surface area contributed by atoms with Gasteiger partial charge in [0.05, 0.1) is 12.2 Å². The zero-order valence-electron chi connectivity index (χ0n) is 10.8. The second-order valence-corrected chi connectivity index (χ2v) is 5.26. The average Bonchev–Trinajstić information content (AvgIpc) is 2.77. The zero-order valence-corrected chi connectivity index (χ0v) is 11.6. The summed E-state index contributed by atoms with van der Waals surface area (Å²) in [5.74, 6) is -0.294. The molecule has 2 N–H and O–H groups in total. The fourth-order valence-electron chi connectivity index (χ4n) is 1.72. The highest BCUT2D eigenvalue weighted by atomic mass is 32.1. The molecule has 1 aromatic heterocycles. The second-order valence-electron chi connectivity index (χ2n) is 4.26. The monoisotopic (exact) mass is 278 g/mol. The lowest BCUT2D eigenvalue weighted by atomic mass is 10.2. The molecule has 0 radical (unpaired) electrons. The Balaban J connectivity index is 2.04. The summed E-state index contributed by atoms with van der Waals surface area (Å²) >= 11 is 1.57. The number of thiophene rings is 1. The zero-order chi connectivity index (χ0) is 13.8. The van der Waals surface area contributed by atoms with E-state index >= 15 is 0 Å². The maximum absolute atomic E-state index is 13.1. The summed E-state index contributed by atoms with van der Waals surface area (Å²) in [5.41, 5.74) is 2.29. The van der Waals surface area contributed by atoms with Crippen molar-refractivity contribution in [2.24, 2.45) is 0 Å². The van der Waals surface area contributed by atoms with E-state index < -0.39 is 0 Å². The molecule has 2 rings (SSSR count). The molecular weight excluding hydrogens is 263 g/mol. The number of aryl methyl sites for hydroxylation is 1. The molecule has 0 aliphatic rings. The van der Waals surface area contributed by atoms with Crippen LogP contribution in [0, 0.1) is 12.7 Å². The number of hydrogen-bond donors (Lipinski definition) is 2. The van der Waals surface area contributed by atoms with Gasteiger partial charge in [-0.3, -0.25) is 4.79 Å². The minimum absolute atomic E-state index is 0.0859. The molecule has 0 saturated heterocycles. The van der Waals surface area contributed by atoms with Gasteiger partial charge in [-0.1, -0.05) is 0 Å². The second kappa shape index (κ2) is 5.84. The minimum atomic E-state index is -0.208. The van der Waals surface area contributed by atoms with Crippen molar-refractivity contribution in [3.63, 3.8) is 0 Å². The summed E-state index contributed by atoms with van der Waals surface area (Å²) in [6.45, 7) is 3.81. The van der Waals surface area contributed by atoms with Gasteiger partial charge >= 0.3 is 0 Å². The van der Waals surface area contributed by atoms with Crippen LogP contribution in [0.25, 0.3) is 0 Å². The molecule has 0 saturated carbocycles. The van der Waals surface area contributed by atoms with E-state index in [4.69, 9.17) is 0 Å². The first-order chi connectivity index (χ1) is 9.06. The van der Waals surface area contributed by atoms with Gasteiger partial charge in [-0.15, -0.1) is 11.3 Å². The molecule has 1 heterocycles. The van der Waals surface area contributed by atoms with Gasteiger partial charge in [-0.25, -0.2) is 4.39 Å². The smallest absolute Gasteiger partial charge is 0.221 e. The minimum Gasteiger partial charge on any atom is -0.380 e. The van der Waals surface area contributed by atoms with Crippen molar-refractivity contribution in [1.29, 1.82) is 0 Å². The topological polar surface area (TPSA) is 41.1 Å². The molecule has 5 heteroatoms. The van der Waals surface area contributed by atoms with Crippen molar-refractivity contribution in [3.8, 4) is 0 Å². The summed E-state index contributed by atoms with van der Waals surface area (Å²) in [6.07, 6.45) is 0. The maximum Gasteiger partial charge on any atom is 0.221 e. The highest BCUT2D eigenvalue weighted by Crippen LogP contribution is 2.24. The van der Waals surface area contributed by atoms with Gasteiger partial charge < -0.3 is 10.6 Å². The third-order valence-electron chi connectivity index (χ3n) is 2.67. The highest BCUT2D eigenvalue weighted by molar-refractivity contribution is 7.10. The summed E-state index contributed by atoms with van der Waals surface area (Å²) in [7, 11) is 0. The number of hydrogen-bond acceptors (Lipinski definition) is 3. The fraction of sp³-hybridized carbons (Fsp3) is 0.214. The Labute approximate surface area is 115 Å². The molecule has 0 fully saturated rings. The molecule has 2 aromatic rings. The van der Waals surface area contributed by atoms with Gasteiger partial charge in [0.1, 0.15) is 5.82 Å². The number of halogens is 1. The van der Waals surface area contributed by atoms with E-state index in [1.165, 1.54) is 13.0 Å². The van der Waals surface area contributed by atoms with Crippen molar-refractivity contribution < 1.29 is 9.18 Å². The van der Waals surface area contributed by atoms with Gasteiger partial charge in [0.15, 0.2) is 0 Å². The van der Waals surface area contributed by atoms with Gasteiger partial charge in [0, 0.05) is 17.5 Å². The van der Waals surface area contributed by atoms with Crippen LogP contribution in [0.3, 0.4) is 0 Å². The molecule has 1 aromatic carbocycles. The Morgan fingerprint density at radius 1 is 1.37 bits per heavy atom. The molecule has 0 atom stereocenters. The molecule has 0 unspecified atom stereocenters.